The lowest BCUT2D eigenvalue weighted by Crippen LogP contribution is -2.33. The van der Waals surface area contributed by atoms with Gasteiger partial charge in [-0.05, 0) is 42.8 Å². The van der Waals surface area contributed by atoms with Crippen molar-refractivity contribution < 1.29 is 13.9 Å². The van der Waals surface area contributed by atoms with Crippen LogP contribution in [-0.4, -0.2) is 28.6 Å². The Labute approximate surface area is 169 Å². The van der Waals surface area contributed by atoms with Gasteiger partial charge in [-0.3, -0.25) is 14.2 Å². The smallest absolute Gasteiger partial charge is 0.261 e. The normalized spacial score (nSPS) is 10.8. The quantitative estimate of drug-likeness (QED) is 0.590. The number of ether oxygens (including phenoxy) is 1. The number of nitrogens with one attached hydrogen (secondary N) is 1. The Morgan fingerprint density at radius 2 is 2.04 bits per heavy atom. The number of amides is 1. The summed E-state index contributed by atoms with van der Waals surface area (Å²) in [5, 5.41) is 3.75. The Morgan fingerprint density at radius 1 is 1.21 bits per heavy atom. The fraction of sp³-hybridized carbons (Fsp3) is 0.211. The van der Waals surface area contributed by atoms with Crippen LogP contribution in [0.2, 0.25) is 10.0 Å². The van der Waals surface area contributed by atoms with Crippen molar-refractivity contribution in [3.63, 3.8) is 0 Å². The molecule has 28 heavy (non-hydrogen) atoms. The van der Waals surface area contributed by atoms with Crippen LogP contribution in [0, 0.1) is 5.82 Å². The topological polar surface area (TPSA) is 73.2 Å². The highest BCUT2D eigenvalue weighted by atomic mass is 35.5. The molecule has 0 atom stereocenters. The van der Waals surface area contributed by atoms with Crippen LogP contribution in [0.4, 0.5) is 4.39 Å². The highest BCUT2D eigenvalue weighted by Gasteiger charge is 2.09. The second kappa shape index (κ2) is 9.03. The molecule has 0 bridgehead atoms. The Kier molecular flexibility index (Phi) is 6.49. The first-order valence-electron chi connectivity index (χ1n) is 8.43. The van der Waals surface area contributed by atoms with E-state index in [9.17, 15) is 14.0 Å². The zero-order chi connectivity index (χ0) is 20.1. The van der Waals surface area contributed by atoms with Gasteiger partial charge in [0.2, 0.25) is 5.91 Å². The van der Waals surface area contributed by atoms with Gasteiger partial charge < -0.3 is 10.1 Å². The third-order valence-electron chi connectivity index (χ3n) is 3.89. The van der Waals surface area contributed by atoms with Crippen molar-refractivity contribution in [2.75, 3.05) is 13.2 Å². The molecule has 0 saturated carbocycles. The molecule has 0 fully saturated rings. The molecule has 0 radical (unpaired) electrons. The van der Waals surface area contributed by atoms with Crippen LogP contribution >= 0.6 is 23.2 Å². The second-order valence-electron chi connectivity index (χ2n) is 5.97. The summed E-state index contributed by atoms with van der Waals surface area (Å²) in [6, 6.07) is 8.69. The van der Waals surface area contributed by atoms with Crippen LogP contribution in [0.5, 0.6) is 5.75 Å². The van der Waals surface area contributed by atoms with Crippen LogP contribution in [0.15, 0.2) is 47.5 Å². The maximum atomic E-state index is 13.3. The fourth-order valence-electron chi connectivity index (χ4n) is 2.53. The van der Waals surface area contributed by atoms with Gasteiger partial charge in [0, 0.05) is 11.6 Å². The average molecular weight is 424 g/mol. The van der Waals surface area contributed by atoms with E-state index in [1.807, 2.05) is 0 Å². The molecule has 0 spiro atoms. The van der Waals surface area contributed by atoms with Crippen molar-refractivity contribution in [2.24, 2.45) is 0 Å². The largest absolute Gasteiger partial charge is 0.492 e. The van der Waals surface area contributed by atoms with Crippen molar-refractivity contribution >= 4 is 40.0 Å². The molecule has 3 rings (SSSR count). The van der Waals surface area contributed by atoms with Crippen LogP contribution in [0.25, 0.3) is 10.9 Å². The van der Waals surface area contributed by atoms with Crippen molar-refractivity contribution in [3.05, 3.63) is 68.9 Å². The number of carbonyl (C=O) groups excluding carboxylic acids is 1. The molecule has 0 aliphatic carbocycles. The second-order valence-corrected chi connectivity index (χ2v) is 6.81. The molecule has 0 aliphatic heterocycles. The number of hydrogen-bond acceptors (Lipinski definition) is 4. The molecule has 0 aliphatic rings. The van der Waals surface area contributed by atoms with Gasteiger partial charge in [0.05, 0.1) is 28.9 Å². The predicted octanol–water partition coefficient (Wildman–Crippen LogP) is 3.43. The van der Waals surface area contributed by atoms with Gasteiger partial charge in [0.15, 0.2) is 0 Å². The van der Waals surface area contributed by atoms with E-state index in [2.05, 4.69) is 10.3 Å². The molecule has 9 heteroatoms. The minimum Gasteiger partial charge on any atom is -0.492 e. The molecular weight excluding hydrogens is 408 g/mol. The van der Waals surface area contributed by atoms with E-state index >= 15 is 0 Å². The third kappa shape index (κ3) is 4.99. The molecule has 6 nitrogen and oxygen atoms in total. The van der Waals surface area contributed by atoms with Crippen LogP contribution < -0.4 is 15.6 Å². The molecule has 146 valence electrons. The van der Waals surface area contributed by atoms with Crippen LogP contribution in [0.3, 0.4) is 0 Å². The van der Waals surface area contributed by atoms with Gasteiger partial charge in [0.25, 0.3) is 5.56 Å². The number of rotatable bonds is 7. The van der Waals surface area contributed by atoms with Gasteiger partial charge in [-0.15, -0.1) is 0 Å². The Bertz CT molecular complexity index is 1070. The number of halogens is 3. The monoisotopic (exact) mass is 423 g/mol. The number of benzene rings is 2. The van der Waals surface area contributed by atoms with Crippen LogP contribution in [-0.2, 0) is 11.3 Å². The molecule has 1 heterocycles. The third-order valence-corrected chi connectivity index (χ3v) is 4.43. The Hall–Kier alpha value is -2.64. The SMILES string of the molecule is O=C(Cn1cnc2ccc(F)cc2c1=O)NCCCOc1ccc(Cl)cc1Cl. The highest BCUT2D eigenvalue weighted by molar-refractivity contribution is 6.35. The molecule has 2 aromatic carbocycles. The highest BCUT2D eigenvalue weighted by Crippen LogP contribution is 2.27. The van der Waals surface area contributed by atoms with E-state index in [-0.39, 0.29) is 17.8 Å². The standard InChI is InChI=1S/C19H16Cl2FN3O3/c20-12-2-5-17(15(21)8-12)28-7-1-6-23-18(26)10-25-11-24-16-4-3-13(22)9-14(16)19(25)27/h2-5,8-9,11H,1,6-7,10H2,(H,23,26). The lowest BCUT2D eigenvalue weighted by Gasteiger charge is -2.10. The summed E-state index contributed by atoms with van der Waals surface area (Å²) in [6.45, 7) is 0.495. The molecule has 0 saturated heterocycles. The minimum absolute atomic E-state index is 0.128. The van der Waals surface area contributed by atoms with E-state index in [1.54, 1.807) is 18.2 Å². The first-order valence-corrected chi connectivity index (χ1v) is 9.19. The predicted molar refractivity (Wildman–Crippen MR) is 106 cm³/mol. The van der Waals surface area contributed by atoms with Gasteiger partial charge in [-0.1, -0.05) is 23.2 Å². The van der Waals surface area contributed by atoms with E-state index in [4.69, 9.17) is 27.9 Å². The van der Waals surface area contributed by atoms with Crippen molar-refractivity contribution in [1.82, 2.24) is 14.9 Å². The summed E-state index contributed by atoms with van der Waals surface area (Å²) < 4.78 is 20.0. The van der Waals surface area contributed by atoms with Crippen molar-refractivity contribution in [1.29, 1.82) is 0 Å². The maximum absolute atomic E-state index is 13.3. The molecule has 3 aromatic rings. The average Bonchev–Trinajstić information content (AvgIpc) is 2.66. The summed E-state index contributed by atoms with van der Waals surface area (Å²) in [7, 11) is 0. The molecular formula is C19H16Cl2FN3O3. The van der Waals surface area contributed by atoms with Gasteiger partial charge in [0.1, 0.15) is 18.1 Å². The molecule has 1 aromatic heterocycles. The fourth-order valence-corrected chi connectivity index (χ4v) is 2.99. The molecule has 1 N–H and O–H groups in total. The zero-order valence-corrected chi connectivity index (χ0v) is 16.1. The summed E-state index contributed by atoms with van der Waals surface area (Å²) in [5.41, 5.74) is -0.0959. The van der Waals surface area contributed by atoms with E-state index in [0.717, 1.165) is 10.6 Å². The first kappa shape index (κ1) is 20.1. The minimum atomic E-state index is -0.533. The molecule has 0 unspecified atom stereocenters. The van der Waals surface area contributed by atoms with Gasteiger partial charge >= 0.3 is 0 Å². The van der Waals surface area contributed by atoms with Gasteiger partial charge in [-0.2, -0.15) is 0 Å². The lowest BCUT2D eigenvalue weighted by atomic mass is 10.2. The first-order chi connectivity index (χ1) is 13.4. The van der Waals surface area contributed by atoms with E-state index in [1.165, 1.54) is 18.5 Å². The van der Waals surface area contributed by atoms with Crippen molar-refractivity contribution in [3.8, 4) is 5.75 Å². The van der Waals surface area contributed by atoms with Gasteiger partial charge in [-0.25, -0.2) is 9.37 Å². The lowest BCUT2D eigenvalue weighted by molar-refractivity contribution is -0.121. The molecule has 1 amide bonds. The Morgan fingerprint density at radius 3 is 2.82 bits per heavy atom. The number of hydrogen-bond donors (Lipinski definition) is 1. The summed E-state index contributed by atoms with van der Waals surface area (Å²) in [5.74, 6) is -0.378. The summed E-state index contributed by atoms with van der Waals surface area (Å²) >= 11 is 11.8. The number of aromatic nitrogens is 2. The zero-order valence-electron chi connectivity index (χ0n) is 14.6. The van der Waals surface area contributed by atoms with E-state index < -0.39 is 11.4 Å². The summed E-state index contributed by atoms with van der Waals surface area (Å²) in [6.07, 6.45) is 1.81. The number of fused-ring (bicyclic) bond motifs is 1. The number of carbonyl (C=O) groups is 1. The Balaban J connectivity index is 1.49. The number of nitrogens with zero attached hydrogens (tertiary/aromatic N) is 2. The van der Waals surface area contributed by atoms with E-state index in [0.29, 0.717) is 40.9 Å². The summed E-state index contributed by atoms with van der Waals surface area (Å²) in [4.78, 5) is 28.5. The van der Waals surface area contributed by atoms with Crippen molar-refractivity contribution in [2.45, 2.75) is 13.0 Å². The maximum Gasteiger partial charge on any atom is 0.261 e. The van der Waals surface area contributed by atoms with Crippen LogP contribution in [0.1, 0.15) is 6.42 Å².